The summed E-state index contributed by atoms with van der Waals surface area (Å²) in [6, 6.07) is 5.23. The molecule has 0 aliphatic heterocycles. The molecule has 1 aliphatic carbocycles. The first-order valence-corrected chi connectivity index (χ1v) is 4.48. The Hall–Kier alpha value is -1.38. The monoisotopic (exact) mass is 177 g/mol. The van der Waals surface area contributed by atoms with Gasteiger partial charge in [-0.25, -0.2) is 9.78 Å². The number of ether oxygens (including phenoxy) is 1. The average Bonchev–Trinajstić information content (AvgIpc) is 2.12. The molecule has 1 heterocycles. The molecular formula is C10H11NO2. The van der Waals surface area contributed by atoms with Crippen LogP contribution in [0.1, 0.15) is 29.8 Å². The fraction of sp³-hybridized carbons (Fsp3) is 0.400. The first-order chi connectivity index (χ1) is 6.36. The number of nitrogens with zero attached hydrogens (tertiary/aromatic N) is 1. The summed E-state index contributed by atoms with van der Waals surface area (Å²) in [5.74, 6) is -0.301. The van der Waals surface area contributed by atoms with Crippen LogP contribution in [0.4, 0.5) is 0 Å². The second-order valence-corrected chi connectivity index (χ2v) is 3.17. The number of rotatable bonds is 2. The summed E-state index contributed by atoms with van der Waals surface area (Å²) in [5.41, 5.74) is 0.398. The summed E-state index contributed by atoms with van der Waals surface area (Å²) >= 11 is 0. The van der Waals surface area contributed by atoms with Crippen LogP contribution in [0, 0.1) is 0 Å². The van der Waals surface area contributed by atoms with E-state index in [0.29, 0.717) is 5.69 Å². The van der Waals surface area contributed by atoms with Crippen molar-refractivity contribution in [1.29, 1.82) is 0 Å². The molecule has 1 saturated carbocycles. The van der Waals surface area contributed by atoms with Crippen molar-refractivity contribution in [2.45, 2.75) is 25.4 Å². The number of aromatic nitrogens is 1. The third-order valence-corrected chi connectivity index (χ3v) is 2.20. The minimum atomic E-state index is -0.301. The van der Waals surface area contributed by atoms with Crippen LogP contribution in [-0.4, -0.2) is 17.1 Å². The van der Waals surface area contributed by atoms with Gasteiger partial charge in [-0.2, -0.15) is 0 Å². The molecule has 2 rings (SSSR count). The highest BCUT2D eigenvalue weighted by Gasteiger charge is 2.22. The average molecular weight is 177 g/mol. The maximum Gasteiger partial charge on any atom is 0.357 e. The first-order valence-electron chi connectivity index (χ1n) is 4.48. The van der Waals surface area contributed by atoms with Crippen LogP contribution < -0.4 is 0 Å². The van der Waals surface area contributed by atoms with E-state index in [1.54, 1.807) is 24.4 Å². The van der Waals surface area contributed by atoms with Crippen LogP contribution in [0.3, 0.4) is 0 Å². The van der Waals surface area contributed by atoms with Crippen LogP contribution in [-0.2, 0) is 4.74 Å². The third kappa shape index (κ3) is 1.86. The highest BCUT2D eigenvalue weighted by molar-refractivity contribution is 5.87. The first kappa shape index (κ1) is 8.23. The van der Waals surface area contributed by atoms with Crippen molar-refractivity contribution in [1.82, 2.24) is 4.98 Å². The predicted octanol–water partition coefficient (Wildman–Crippen LogP) is 1.79. The lowest BCUT2D eigenvalue weighted by Crippen LogP contribution is -2.25. The summed E-state index contributed by atoms with van der Waals surface area (Å²) in [6.07, 6.45) is 4.89. The lowest BCUT2D eigenvalue weighted by molar-refractivity contribution is 0.00837. The van der Waals surface area contributed by atoms with Gasteiger partial charge in [0, 0.05) is 6.20 Å². The van der Waals surface area contributed by atoms with E-state index in [4.69, 9.17) is 4.74 Å². The fourth-order valence-electron chi connectivity index (χ4n) is 1.18. The Morgan fingerprint density at radius 1 is 1.46 bits per heavy atom. The van der Waals surface area contributed by atoms with Crippen molar-refractivity contribution in [3.8, 4) is 0 Å². The number of pyridine rings is 1. The molecule has 1 aliphatic rings. The highest BCUT2D eigenvalue weighted by Crippen LogP contribution is 2.22. The summed E-state index contributed by atoms with van der Waals surface area (Å²) in [7, 11) is 0. The molecule has 3 heteroatoms. The van der Waals surface area contributed by atoms with E-state index in [0.717, 1.165) is 12.8 Å². The van der Waals surface area contributed by atoms with Gasteiger partial charge in [-0.15, -0.1) is 0 Å². The molecule has 68 valence electrons. The second-order valence-electron chi connectivity index (χ2n) is 3.17. The minimum absolute atomic E-state index is 0.134. The fourth-order valence-corrected chi connectivity index (χ4v) is 1.18. The quantitative estimate of drug-likeness (QED) is 0.646. The van der Waals surface area contributed by atoms with Crippen LogP contribution in [0.15, 0.2) is 24.4 Å². The van der Waals surface area contributed by atoms with E-state index >= 15 is 0 Å². The Labute approximate surface area is 76.7 Å². The second kappa shape index (κ2) is 3.56. The van der Waals surface area contributed by atoms with Gasteiger partial charge in [0.05, 0.1) is 0 Å². The molecule has 0 N–H and O–H groups in total. The Kier molecular flexibility index (Phi) is 2.25. The molecule has 3 nitrogen and oxygen atoms in total. The molecule has 1 fully saturated rings. The van der Waals surface area contributed by atoms with Gasteiger partial charge in [0.15, 0.2) is 0 Å². The van der Waals surface area contributed by atoms with Gasteiger partial charge in [-0.3, -0.25) is 0 Å². The van der Waals surface area contributed by atoms with Crippen molar-refractivity contribution in [2.24, 2.45) is 0 Å². The molecule has 13 heavy (non-hydrogen) atoms. The predicted molar refractivity (Wildman–Crippen MR) is 47.3 cm³/mol. The molecule has 1 aromatic rings. The standard InChI is InChI=1S/C10H11NO2/c12-10(13-8-4-3-5-8)9-6-1-2-7-11-9/h1-2,6-8H,3-5H2. The van der Waals surface area contributed by atoms with Gasteiger partial charge in [0.1, 0.15) is 11.8 Å². The van der Waals surface area contributed by atoms with E-state index in [-0.39, 0.29) is 12.1 Å². The van der Waals surface area contributed by atoms with Crippen molar-refractivity contribution in [3.05, 3.63) is 30.1 Å². The molecule has 0 bridgehead atoms. The van der Waals surface area contributed by atoms with Crippen LogP contribution >= 0.6 is 0 Å². The maximum atomic E-state index is 11.4. The number of carbonyl (C=O) groups excluding carboxylic acids is 1. The number of esters is 1. The minimum Gasteiger partial charge on any atom is -0.458 e. The van der Waals surface area contributed by atoms with Gasteiger partial charge in [-0.1, -0.05) is 6.07 Å². The van der Waals surface area contributed by atoms with E-state index in [1.807, 2.05) is 0 Å². The largest absolute Gasteiger partial charge is 0.458 e. The maximum absolute atomic E-state index is 11.4. The molecule has 0 aromatic carbocycles. The highest BCUT2D eigenvalue weighted by atomic mass is 16.5. The summed E-state index contributed by atoms with van der Waals surface area (Å²) in [6.45, 7) is 0. The summed E-state index contributed by atoms with van der Waals surface area (Å²) in [4.78, 5) is 15.3. The third-order valence-electron chi connectivity index (χ3n) is 2.20. The summed E-state index contributed by atoms with van der Waals surface area (Å²) < 4.78 is 5.17. The molecule has 0 spiro atoms. The molecule has 0 saturated heterocycles. The normalized spacial score (nSPS) is 16.3. The van der Waals surface area contributed by atoms with Crippen molar-refractivity contribution in [2.75, 3.05) is 0 Å². The van der Waals surface area contributed by atoms with Gasteiger partial charge >= 0.3 is 5.97 Å². The zero-order valence-corrected chi connectivity index (χ0v) is 7.27. The Balaban J connectivity index is 1.97. The number of carbonyl (C=O) groups is 1. The summed E-state index contributed by atoms with van der Waals surface area (Å²) in [5, 5.41) is 0. The van der Waals surface area contributed by atoms with Gasteiger partial charge in [0.25, 0.3) is 0 Å². The molecule has 0 radical (unpaired) electrons. The molecule has 1 aromatic heterocycles. The molecule has 0 atom stereocenters. The van der Waals surface area contributed by atoms with Gasteiger partial charge in [-0.05, 0) is 31.4 Å². The SMILES string of the molecule is O=C(OC1CCC1)c1ccccn1. The van der Waals surface area contributed by atoms with Crippen LogP contribution in [0.25, 0.3) is 0 Å². The molecular weight excluding hydrogens is 166 g/mol. The van der Waals surface area contributed by atoms with E-state index in [2.05, 4.69) is 4.98 Å². The van der Waals surface area contributed by atoms with Gasteiger partial charge in [0.2, 0.25) is 0 Å². The van der Waals surface area contributed by atoms with Crippen molar-refractivity contribution < 1.29 is 9.53 Å². The van der Waals surface area contributed by atoms with E-state index in [9.17, 15) is 4.79 Å². The molecule has 0 unspecified atom stereocenters. The Bertz CT molecular complexity index is 293. The zero-order chi connectivity index (χ0) is 9.10. The lowest BCUT2D eigenvalue weighted by atomic mass is 9.96. The molecule has 0 amide bonds. The van der Waals surface area contributed by atoms with Crippen molar-refractivity contribution in [3.63, 3.8) is 0 Å². The Morgan fingerprint density at radius 3 is 2.85 bits per heavy atom. The van der Waals surface area contributed by atoms with Crippen LogP contribution in [0.5, 0.6) is 0 Å². The zero-order valence-electron chi connectivity index (χ0n) is 7.27. The van der Waals surface area contributed by atoms with Gasteiger partial charge < -0.3 is 4.74 Å². The van der Waals surface area contributed by atoms with E-state index < -0.39 is 0 Å². The number of hydrogen-bond acceptors (Lipinski definition) is 3. The number of hydrogen-bond donors (Lipinski definition) is 0. The van der Waals surface area contributed by atoms with Crippen LogP contribution in [0.2, 0.25) is 0 Å². The lowest BCUT2D eigenvalue weighted by Gasteiger charge is -2.24. The van der Waals surface area contributed by atoms with E-state index in [1.165, 1.54) is 6.42 Å². The van der Waals surface area contributed by atoms with Crippen molar-refractivity contribution >= 4 is 5.97 Å². The smallest absolute Gasteiger partial charge is 0.357 e. The Morgan fingerprint density at radius 2 is 2.31 bits per heavy atom. The topological polar surface area (TPSA) is 39.2 Å².